The van der Waals surface area contributed by atoms with Crippen LogP contribution < -0.4 is 9.47 Å². The molecule has 0 N–H and O–H groups in total. The first-order valence-electron chi connectivity index (χ1n) is 8.90. The quantitative estimate of drug-likeness (QED) is 0.710. The van der Waals surface area contributed by atoms with Gasteiger partial charge in [0.05, 0.1) is 20.3 Å². The minimum atomic E-state index is -0.227. The zero-order valence-electron chi connectivity index (χ0n) is 16.1. The standard InChI is InChI=1S/C22H24ClNO3/c1-14(2)10-21(25)24-9-8-15-12-19(26-3)20(27-4)13-18(15)22(24)16-6-5-7-17(23)11-16/h5-7,10-13,22H,8-9H2,1-4H3/t22-/m0/s1. The number of benzene rings is 2. The Morgan fingerprint density at radius 3 is 2.48 bits per heavy atom. The van der Waals surface area contributed by atoms with Crippen LogP contribution in [-0.2, 0) is 11.2 Å². The molecule has 142 valence electrons. The van der Waals surface area contributed by atoms with E-state index in [1.165, 1.54) is 0 Å². The molecule has 1 heterocycles. The van der Waals surface area contributed by atoms with Gasteiger partial charge in [0.15, 0.2) is 11.5 Å². The summed E-state index contributed by atoms with van der Waals surface area (Å²) in [7, 11) is 3.25. The highest BCUT2D eigenvalue weighted by atomic mass is 35.5. The van der Waals surface area contributed by atoms with Crippen molar-refractivity contribution < 1.29 is 14.3 Å². The van der Waals surface area contributed by atoms with Crippen LogP contribution in [-0.4, -0.2) is 31.6 Å². The molecule has 0 bridgehead atoms. The van der Waals surface area contributed by atoms with Crippen molar-refractivity contribution in [2.75, 3.05) is 20.8 Å². The maximum Gasteiger partial charge on any atom is 0.247 e. The van der Waals surface area contributed by atoms with Crippen LogP contribution in [0, 0.1) is 0 Å². The second-order valence-electron chi connectivity index (χ2n) is 6.87. The van der Waals surface area contributed by atoms with Crippen LogP contribution in [0.2, 0.25) is 5.02 Å². The van der Waals surface area contributed by atoms with Crippen LogP contribution >= 0.6 is 11.6 Å². The van der Waals surface area contributed by atoms with Crippen molar-refractivity contribution in [3.8, 4) is 11.5 Å². The molecule has 1 atom stereocenters. The van der Waals surface area contributed by atoms with Crippen molar-refractivity contribution in [3.63, 3.8) is 0 Å². The second kappa shape index (κ2) is 8.05. The van der Waals surface area contributed by atoms with Gasteiger partial charge in [0.2, 0.25) is 5.91 Å². The summed E-state index contributed by atoms with van der Waals surface area (Å²) in [5, 5.41) is 0.648. The topological polar surface area (TPSA) is 38.8 Å². The highest BCUT2D eigenvalue weighted by Crippen LogP contribution is 2.41. The van der Waals surface area contributed by atoms with Gasteiger partial charge in [0, 0.05) is 17.6 Å². The average Bonchev–Trinajstić information content (AvgIpc) is 2.65. The van der Waals surface area contributed by atoms with Gasteiger partial charge in [-0.1, -0.05) is 29.3 Å². The van der Waals surface area contributed by atoms with E-state index in [0.29, 0.717) is 23.1 Å². The van der Waals surface area contributed by atoms with Crippen molar-refractivity contribution in [2.45, 2.75) is 26.3 Å². The van der Waals surface area contributed by atoms with E-state index in [0.717, 1.165) is 28.7 Å². The SMILES string of the molecule is COc1cc2c(cc1OC)[C@H](c1cccc(Cl)c1)N(C(=O)C=C(C)C)CC2. The van der Waals surface area contributed by atoms with Crippen LogP contribution in [0.3, 0.4) is 0 Å². The van der Waals surface area contributed by atoms with E-state index >= 15 is 0 Å². The highest BCUT2D eigenvalue weighted by Gasteiger charge is 2.32. The smallest absolute Gasteiger partial charge is 0.247 e. The van der Waals surface area contributed by atoms with Crippen LogP contribution in [0.15, 0.2) is 48.0 Å². The molecule has 0 unspecified atom stereocenters. The van der Waals surface area contributed by atoms with E-state index in [9.17, 15) is 4.79 Å². The number of halogens is 1. The Balaban J connectivity index is 2.17. The largest absolute Gasteiger partial charge is 0.493 e. The Labute approximate surface area is 165 Å². The van der Waals surface area contributed by atoms with Gasteiger partial charge >= 0.3 is 0 Å². The summed E-state index contributed by atoms with van der Waals surface area (Å²) >= 11 is 6.25. The van der Waals surface area contributed by atoms with Crippen molar-refractivity contribution in [1.29, 1.82) is 0 Å². The average molecular weight is 386 g/mol. The van der Waals surface area contributed by atoms with Gasteiger partial charge in [-0.25, -0.2) is 0 Å². The van der Waals surface area contributed by atoms with E-state index in [1.807, 2.05) is 55.1 Å². The van der Waals surface area contributed by atoms with E-state index in [2.05, 4.69) is 0 Å². The van der Waals surface area contributed by atoms with Gasteiger partial charge in [-0.15, -0.1) is 0 Å². The molecule has 2 aromatic carbocycles. The lowest BCUT2D eigenvalue weighted by atomic mass is 9.87. The van der Waals surface area contributed by atoms with Gasteiger partial charge < -0.3 is 14.4 Å². The fourth-order valence-corrected chi connectivity index (χ4v) is 3.75. The first kappa shape index (κ1) is 19.3. The number of methoxy groups -OCH3 is 2. The predicted molar refractivity (Wildman–Crippen MR) is 108 cm³/mol. The van der Waals surface area contributed by atoms with Crippen LogP contribution in [0.4, 0.5) is 0 Å². The Morgan fingerprint density at radius 2 is 1.85 bits per heavy atom. The van der Waals surface area contributed by atoms with Crippen molar-refractivity contribution >= 4 is 17.5 Å². The highest BCUT2D eigenvalue weighted by molar-refractivity contribution is 6.30. The number of nitrogens with zero attached hydrogens (tertiary/aromatic N) is 1. The number of allylic oxidation sites excluding steroid dienone is 1. The first-order valence-corrected chi connectivity index (χ1v) is 9.28. The van der Waals surface area contributed by atoms with Gasteiger partial charge in [0.25, 0.3) is 0 Å². The molecule has 2 aromatic rings. The molecule has 0 spiro atoms. The summed E-state index contributed by atoms with van der Waals surface area (Å²) in [6.45, 7) is 4.48. The number of carbonyl (C=O) groups excluding carboxylic acids is 1. The zero-order chi connectivity index (χ0) is 19.6. The third-order valence-electron chi connectivity index (χ3n) is 4.73. The summed E-state index contributed by atoms with van der Waals surface area (Å²) in [4.78, 5) is 14.8. The third-order valence-corrected chi connectivity index (χ3v) is 4.97. The minimum Gasteiger partial charge on any atom is -0.493 e. The van der Waals surface area contributed by atoms with Crippen LogP contribution in [0.25, 0.3) is 0 Å². The van der Waals surface area contributed by atoms with Crippen LogP contribution in [0.5, 0.6) is 11.5 Å². The van der Waals surface area contributed by atoms with Gasteiger partial charge in [-0.05, 0) is 61.2 Å². The molecule has 5 heteroatoms. The molecular formula is C22H24ClNO3. The van der Waals surface area contributed by atoms with E-state index in [4.69, 9.17) is 21.1 Å². The maximum absolute atomic E-state index is 12.9. The summed E-state index contributed by atoms with van der Waals surface area (Å²) in [6.07, 6.45) is 2.44. The number of rotatable bonds is 4. The normalized spacial score (nSPS) is 15.7. The predicted octanol–water partition coefficient (Wildman–Crippen LogP) is 4.80. The Bertz CT molecular complexity index is 887. The molecule has 0 aromatic heterocycles. The molecule has 0 saturated carbocycles. The summed E-state index contributed by atoms with van der Waals surface area (Å²) in [5.74, 6) is 1.35. The number of hydrogen-bond acceptors (Lipinski definition) is 3. The van der Waals surface area contributed by atoms with Crippen molar-refractivity contribution in [3.05, 3.63) is 69.8 Å². The Hall–Kier alpha value is -2.46. The number of fused-ring (bicyclic) bond motifs is 1. The fraction of sp³-hybridized carbons (Fsp3) is 0.318. The van der Waals surface area contributed by atoms with Crippen LogP contribution in [0.1, 0.15) is 36.6 Å². The summed E-state index contributed by atoms with van der Waals surface area (Å²) in [6, 6.07) is 11.4. The number of ether oxygens (including phenoxy) is 2. The van der Waals surface area contributed by atoms with E-state index in [1.54, 1.807) is 20.3 Å². The first-order chi connectivity index (χ1) is 12.9. The van der Waals surface area contributed by atoms with Gasteiger partial charge in [0.1, 0.15) is 0 Å². The zero-order valence-corrected chi connectivity index (χ0v) is 16.8. The van der Waals surface area contributed by atoms with E-state index < -0.39 is 0 Å². The molecule has 0 saturated heterocycles. The summed E-state index contributed by atoms with van der Waals surface area (Å²) in [5.41, 5.74) is 4.14. The number of amides is 1. The van der Waals surface area contributed by atoms with E-state index in [-0.39, 0.29) is 11.9 Å². The maximum atomic E-state index is 12.9. The van der Waals surface area contributed by atoms with Gasteiger partial charge in [-0.3, -0.25) is 4.79 Å². The molecule has 1 aliphatic rings. The fourth-order valence-electron chi connectivity index (χ4n) is 3.55. The number of carbonyl (C=O) groups is 1. The van der Waals surface area contributed by atoms with Crippen molar-refractivity contribution in [2.24, 2.45) is 0 Å². The minimum absolute atomic E-state index is 0.000380. The Morgan fingerprint density at radius 1 is 1.15 bits per heavy atom. The number of hydrogen-bond donors (Lipinski definition) is 0. The summed E-state index contributed by atoms with van der Waals surface area (Å²) < 4.78 is 11.0. The second-order valence-corrected chi connectivity index (χ2v) is 7.30. The lowest BCUT2D eigenvalue weighted by molar-refractivity contribution is -0.128. The molecule has 3 rings (SSSR count). The molecule has 0 radical (unpaired) electrons. The molecule has 0 fully saturated rings. The molecule has 1 amide bonds. The molecule has 4 nitrogen and oxygen atoms in total. The monoisotopic (exact) mass is 385 g/mol. The molecule has 0 aliphatic carbocycles. The third kappa shape index (κ3) is 3.96. The molecule has 1 aliphatic heterocycles. The molecular weight excluding hydrogens is 362 g/mol. The molecule has 27 heavy (non-hydrogen) atoms. The van der Waals surface area contributed by atoms with Gasteiger partial charge in [-0.2, -0.15) is 0 Å². The van der Waals surface area contributed by atoms with Crippen molar-refractivity contribution in [1.82, 2.24) is 4.90 Å². The lowest BCUT2D eigenvalue weighted by Crippen LogP contribution is -2.40. The lowest BCUT2D eigenvalue weighted by Gasteiger charge is -2.38. The Kier molecular flexibility index (Phi) is 5.76.